The highest BCUT2D eigenvalue weighted by Gasteiger charge is 2.36. The number of nitrogens with zero attached hydrogens (tertiary/aromatic N) is 1. The van der Waals surface area contributed by atoms with Gasteiger partial charge in [0.1, 0.15) is 12.1 Å². The molecule has 0 aliphatic carbocycles. The molecule has 24 heavy (non-hydrogen) atoms. The highest BCUT2D eigenvalue weighted by atomic mass is 27.0. The van der Waals surface area contributed by atoms with E-state index < -0.39 is 18.1 Å². The van der Waals surface area contributed by atoms with Crippen molar-refractivity contribution in [1.82, 2.24) is 15.5 Å². The van der Waals surface area contributed by atoms with Gasteiger partial charge in [-0.3, -0.25) is 14.4 Å². The van der Waals surface area contributed by atoms with E-state index in [4.69, 9.17) is 5.73 Å². The topological polar surface area (TPSA) is 105 Å². The molecule has 1 saturated heterocycles. The van der Waals surface area contributed by atoms with E-state index in [9.17, 15) is 14.4 Å². The van der Waals surface area contributed by atoms with Crippen molar-refractivity contribution in [1.29, 1.82) is 0 Å². The van der Waals surface area contributed by atoms with E-state index in [0.717, 1.165) is 12.8 Å². The van der Waals surface area contributed by atoms with Gasteiger partial charge < -0.3 is 21.3 Å². The second kappa shape index (κ2) is 9.40. The lowest BCUT2D eigenvalue weighted by molar-refractivity contribution is -0.141. The largest absolute Gasteiger partial charge is 0.368 e. The average molecular weight is 352 g/mol. The molecule has 1 aliphatic rings. The zero-order valence-corrected chi connectivity index (χ0v) is 16.2. The van der Waals surface area contributed by atoms with Gasteiger partial charge in [-0.15, -0.1) is 0 Å². The third-order valence-electron chi connectivity index (χ3n) is 4.03. The van der Waals surface area contributed by atoms with Gasteiger partial charge in [-0.05, 0) is 43.9 Å². The number of amides is 3. The van der Waals surface area contributed by atoms with Crippen molar-refractivity contribution in [3.63, 3.8) is 0 Å². The number of carbonyl (C=O) groups is 3. The summed E-state index contributed by atoms with van der Waals surface area (Å²) >= 11 is 2.63. The quantitative estimate of drug-likeness (QED) is 0.537. The third kappa shape index (κ3) is 6.08. The SMILES string of the molecule is CC(C)C[C@@H]([Al])NC(=O)[C@@H]1CCCN1C(=O)[C@H](C)NC(=O)[C@H](C)N. The van der Waals surface area contributed by atoms with E-state index >= 15 is 0 Å². The van der Waals surface area contributed by atoms with Gasteiger partial charge >= 0.3 is 0 Å². The molecule has 1 fully saturated rings. The molecule has 3 amide bonds. The van der Waals surface area contributed by atoms with Crippen LogP contribution in [0.2, 0.25) is 0 Å². The zero-order chi connectivity index (χ0) is 18.4. The Morgan fingerprint density at radius 2 is 1.83 bits per heavy atom. The van der Waals surface area contributed by atoms with Crippen LogP contribution in [0.25, 0.3) is 0 Å². The second-order valence-electron chi connectivity index (χ2n) is 6.95. The van der Waals surface area contributed by atoms with Crippen LogP contribution in [0.5, 0.6) is 0 Å². The normalized spacial score (nSPS) is 21.2. The Morgan fingerprint density at radius 1 is 1.21 bits per heavy atom. The molecule has 0 unspecified atom stereocenters. The van der Waals surface area contributed by atoms with Gasteiger partial charge in [-0.2, -0.15) is 0 Å². The first-order valence-electron chi connectivity index (χ1n) is 8.55. The number of nitrogens with two attached hydrogens (primary N) is 1. The predicted octanol–water partition coefficient (Wildman–Crippen LogP) is -0.514. The number of carbonyl (C=O) groups excluding carboxylic acids is 3. The van der Waals surface area contributed by atoms with Crippen LogP contribution in [-0.2, 0) is 14.4 Å². The average Bonchev–Trinajstić information content (AvgIpc) is 2.94. The highest BCUT2D eigenvalue weighted by Crippen LogP contribution is 2.19. The molecule has 0 aromatic heterocycles. The molecule has 8 heteroatoms. The molecule has 2 radical (unpaired) electrons. The Kier molecular flexibility index (Phi) is 8.21. The summed E-state index contributed by atoms with van der Waals surface area (Å²) < 4.78 is 0. The Hall–Kier alpha value is -1.10. The van der Waals surface area contributed by atoms with Gasteiger partial charge in [0, 0.05) is 6.54 Å². The van der Waals surface area contributed by atoms with Crippen LogP contribution < -0.4 is 16.4 Å². The minimum Gasteiger partial charge on any atom is -0.368 e. The fraction of sp³-hybridized carbons (Fsp3) is 0.812. The Bertz CT molecular complexity index is 470. The number of nitrogens with one attached hydrogen (secondary N) is 2. The zero-order valence-electron chi connectivity index (χ0n) is 15.0. The number of hydrogen-bond donors (Lipinski definition) is 3. The second-order valence-corrected chi connectivity index (χ2v) is 7.76. The van der Waals surface area contributed by atoms with Crippen molar-refractivity contribution in [2.45, 2.75) is 70.0 Å². The maximum absolute atomic E-state index is 12.6. The molecule has 1 heterocycles. The van der Waals surface area contributed by atoms with Gasteiger partial charge in [-0.25, -0.2) is 0 Å². The molecule has 7 nitrogen and oxygen atoms in total. The smallest absolute Gasteiger partial charge is 0.245 e. The van der Waals surface area contributed by atoms with E-state index in [-0.39, 0.29) is 22.6 Å². The molecule has 0 bridgehead atoms. The van der Waals surface area contributed by atoms with E-state index in [0.29, 0.717) is 18.9 Å². The molecular weight excluding hydrogens is 323 g/mol. The standard InChI is InChI=1S/C16H29N4O3.Al/c1-10(2)7-8-18-15(22)13-6-5-9-20(13)16(23)12(4)19-14(21)11(3)17;/h8,10-13H,5-7,9,17H2,1-4H3,(H,18,22)(H,19,21);/t11-,12-,13-;/m0./s1. The summed E-state index contributed by atoms with van der Waals surface area (Å²) in [6.45, 7) is 7.90. The van der Waals surface area contributed by atoms with Crippen molar-refractivity contribution < 1.29 is 14.4 Å². The summed E-state index contributed by atoms with van der Waals surface area (Å²) in [6, 6.07) is -1.84. The van der Waals surface area contributed by atoms with Crippen molar-refractivity contribution in [2.24, 2.45) is 11.7 Å². The van der Waals surface area contributed by atoms with Crippen molar-refractivity contribution in [2.75, 3.05) is 6.54 Å². The lowest BCUT2D eigenvalue weighted by Crippen LogP contribution is -2.55. The summed E-state index contributed by atoms with van der Waals surface area (Å²) in [5, 5.41) is 5.55. The van der Waals surface area contributed by atoms with E-state index in [1.165, 1.54) is 0 Å². The summed E-state index contributed by atoms with van der Waals surface area (Å²) in [7, 11) is 0. The molecule has 0 spiro atoms. The molecule has 0 aromatic rings. The van der Waals surface area contributed by atoms with Crippen LogP contribution in [0.15, 0.2) is 0 Å². The molecule has 1 rings (SSSR count). The molecule has 0 saturated carbocycles. The molecule has 4 atom stereocenters. The Balaban J connectivity index is 2.65. The maximum Gasteiger partial charge on any atom is 0.245 e. The van der Waals surface area contributed by atoms with Crippen molar-refractivity contribution in [3.05, 3.63) is 0 Å². The fourth-order valence-corrected chi connectivity index (χ4v) is 3.51. The van der Waals surface area contributed by atoms with Gasteiger partial charge in [0.25, 0.3) is 0 Å². The van der Waals surface area contributed by atoms with E-state index in [1.807, 2.05) is 0 Å². The number of likely N-dealkylation sites (tertiary alicyclic amines) is 1. The summed E-state index contributed by atoms with van der Waals surface area (Å²) in [5.74, 6) is -0.279. The summed E-state index contributed by atoms with van der Waals surface area (Å²) in [5.41, 5.74) is 5.50. The first kappa shape index (κ1) is 20.9. The van der Waals surface area contributed by atoms with Crippen LogP contribution >= 0.6 is 0 Å². The molecule has 1 aliphatic heterocycles. The lowest BCUT2D eigenvalue weighted by Gasteiger charge is -2.29. The van der Waals surface area contributed by atoms with Crippen molar-refractivity contribution in [3.8, 4) is 0 Å². The first-order chi connectivity index (χ1) is 11.1. The lowest BCUT2D eigenvalue weighted by atomic mass is 10.1. The number of rotatable bonds is 7. The molecular formula is C16H29AlN4O3. The Labute approximate surface area is 152 Å². The monoisotopic (exact) mass is 352 g/mol. The minimum atomic E-state index is -0.695. The van der Waals surface area contributed by atoms with E-state index in [2.05, 4.69) is 40.8 Å². The predicted molar refractivity (Wildman–Crippen MR) is 93.1 cm³/mol. The minimum absolute atomic E-state index is 0.00901. The van der Waals surface area contributed by atoms with Gasteiger partial charge in [0.2, 0.25) is 17.7 Å². The molecule has 134 valence electrons. The van der Waals surface area contributed by atoms with Crippen LogP contribution in [0.3, 0.4) is 0 Å². The summed E-state index contributed by atoms with van der Waals surface area (Å²) in [4.78, 5) is 38.2. The van der Waals surface area contributed by atoms with Crippen LogP contribution in [-0.4, -0.2) is 68.5 Å². The van der Waals surface area contributed by atoms with Crippen LogP contribution in [0, 0.1) is 5.92 Å². The first-order valence-corrected chi connectivity index (χ1v) is 9.22. The number of hydrogen-bond acceptors (Lipinski definition) is 4. The summed E-state index contributed by atoms with van der Waals surface area (Å²) in [6.07, 6.45) is 2.28. The van der Waals surface area contributed by atoms with Crippen LogP contribution in [0.1, 0.15) is 47.0 Å². The van der Waals surface area contributed by atoms with Gasteiger partial charge in [0.05, 0.1) is 6.04 Å². The Morgan fingerprint density at radius 3 is 2.38 bits per heavy atom. The maximum atomic E-state index is 12.6. The van der Waals surface area contributed by atoms with Gasteiger partial charge in [0.15, 0.2) is 16.3 Å². The van der Waals surface area contributed by atoms with Crippen molar-refractivity contribution >= 4 is 34.0 Å². The molecule has 4 N–H and O–H groups in total. The molecule has 0 aromatic carbocycles. The fourth-order valence-electron chi connectivity index (χ4n) is 2.80. The van der Waals surface area contributed by atoms with E-state index in [1.54, 1.807) is 18.7 Å². The third-order valence-corrected chi connectivity index (χ3v) is 4.47. The van der Waals surface area contributed by atoms with Crippen LogP contribution in [0.4, 0.5) is 0 Å². The highest BCUT2D eigenvalue weighted by molar-refractivity contribution is 6.13. The van der Waals surface area contributed by atoms with Gasteiger partial charge in [-0.1, -0.05) is 13.8 Å².